The number of amides is 1. The molecule has 1 saturated carbocycles. The molecule has 0 atom stereocenters. The number of carboxylic acids is 1. The van der Waals surface area contributed by atoms with Gasteiger partial charge in [-0.05, 0) is 12.8 Å². The second-order valence-corrected chi connectivity index (χ2v) is 5.46. The number of carbonyl (C=O) groups is 2. The molecule has 0 radical (unpaired) electrons. The summed E-state index contributed by atoms with van der Waals surface area (Å²) in [5.41, 5.74) is 5.33. The van der Waals surface area contributed by atoms with E-state index < -0.39 is 11.4 Å². The lowest BCUT2D eigenvalue weighted by Crippen LogP contribution is -2.47. The number of thiazole rings is 1. The van der Waals surface area contributed by atoms with Gasteiger partial charge in [-0.3, -0.25) is 9.59 Å². The van der Waals surface area contributed by atoms with Crippen LogP contribution in [0.4, 0.5) is 5.13 Å². The van der Waals surface area contributed by atoms with Gasteiger partial charge in [-0.15, -0.1) is 11.3 Å². The molecule has 0 aromatic carbocycles. The first-order valence-corrected chi connectivity index (χ1v) is 6.60. The maximum atomic E-state index is 11.7. The summed E-state index contributed by atoms with van der Waals surface area (Å²) in [6.45, 7) is 0.195. The summed E-state index contributed by atoms with van der Waals surface area (Å²) in [5.74, 6) is -1.04. The fourth-order valence-corrected chi connectivity index (χ4v) is 2.53. The van der Waals surface area contributed by atoms with Crippen LogP contribution in [0.15, 0.2) is 5.38 Å². The number of anilines is 1. The summed E-state index contributed by atoms with van der Waals surface area (Å²) < 4.78 is 0. The predicted molar refractivity (Wildman–Crippen MR) is 67.2 cm³/mol. The Hall–Kier alpha value is -1.63. The number of aliphatic carboxylic acids is 1. The maximum Gasteiger partial charge on any atom is 0.311 e. The zero-order valence-corrected chi connectivity index (χ0v) is 10.6. The average Bonchev–Trinajstić information content (AvgIpc) is 2.61. The largest absolute Gasteiger partial charge is 0.481 e. The van der Waals surface area contributed by atoms with E-state index in [-0.39, 0.29) is 18.9 Å². The van der Waals surface area contributed by atoms with Gasteiger partial charge >= 0.3 is 5.97 Å². The summed E-state index contributed by atoms with van der Waals surface area (Å²) in [6, 6.07) is 0. The zero-order chi connectivity index (χ0) is 13.2. The highest BCUT2D eigenvalue weighted by Crippen LogP contribution is 2.40. The van der Waals surface area contributed by atoms with Crippen molar-refractivity contribution in [3.05, 3.63) is 11.1 Å². The Labute approximate surface area is 108 Å². The van der Waals surface area contributed by atoms with E-state index in [1.165, 1.54) is 11.3 Å². The summed E-state index contributed by atoms with van der Waals surface area (Å²) in [6.07, 6.45) is 2.31. The van der Waals surface area contributed by atoms with Gasteiger partial charge in [0.2, 0.25) is 5.91 Å². The molecular formula is C11H15N3O3S. The number of nitrogens with one attached hydrogen (secondary N) is 1. The van der Waals surface area contributed by atoms with Crippen LogP contribution in [0.5, 0.6) is 0 Å². The van der Waals surface area contributed by atoms with E-state index in [2.05, 4.69) is 10.3 Å². The van der Waals surface area contributed by atoms with Gasteiger partial charge < -0.3 is 16.2 Å². The maximum absolute atomic E-state index is 11.7. The van der Waals surface area contributed by atoms with E-state index >= 15 is 0 Å². The van der Waals surface area contributed by atoms with Crippen molar-refractivity contribution in [1.82, 2.24) is 10.3 Å². The van der Waals surface area contributed by atoms with Crippen LogP contribution in [-0.4, -0.2) is 28.5 Å². The standard InChI is InChI=1S/C11H15N3O3S/c12-10-14-7(5-18-10)4-8(15)13-6-11(9(16)17)2-1-3-11/h5H,1-4,6H2,(H2,12,14)(H,13,15)(H,16,17). The molecule has 0 unspecified atom stereocenters. The average molecular weight is 269 g/mol. The van der Waals surface area contributed by atoms with Crippen LogP contribution in [0.25, 0.3) is 0 Å². The number of nitrogen functional groups attached to an aromatic ring is 1. The minimum Gasteiger partial charge on any atom is -0.481 e. The van der Waals surface area contributed by atoms with Crippen molar-refractivity contribution in [3.8, 4) is 0 Å². The van der Waals surface area contributed by atoms with Gasteiger partial charge in [0.15, 0.2) is 5.13 Å². The quantitative estimate of drug-likeness (QED) is 0.727. The molecule has 0 bridgehead atoms. The second-order valence-electron chi connectivity index (χ2n) is 4.57. The first-order valence-electron chi connectivity index (χ1n) is 5.72. The Bertz CT molecular complexity index is 468. The van der Waals surface area contributed by atoms with Crippen molar-refractivity contribution in [1.29, 1.82) is 0 Å². The summed E-state index contributed by atoms with van der Waals surface area (Å²) in [4.78, 5) is 26.7. The van der Waals surface area contributed by atoms with E-state index in [0.29, 0.717) is 23.7 Å². The molecule has 0 saturated heterocycles. The van der Waals surface area contributed by atoms with E-state index in [1.807, 2.05) is 0 Å². The van der Waals surface area contributed by atoms with Gasteiger partial charge in [0, 0.05) is 11.9 Å². The van der Waals surface area contributed by atoms with E-state index in [0.717, 1.165) is 6.42 Å². The Morgan fingerprint density at radius 2 is 2.28 bits per heavy atom. The molecule has 6 nitrogen and oxygen atoms in total. The van der Waals surface area contributed by atoms with Crippen LogP contribution in [-0.2, 0) is 16.0 Å². The highest BCUT2D eigenvalue weighted by Gasteiger charge is 2.44. The third kappa shape index (κ3) is 2.61. The number of hydrogen-bond acceptors (Lipinski definition) is 5. The molecule has 1 aromatic heterocycles. The predicted octanol–water partition coefficient (Wildman–Crippen LogP) is 0.639. The number of hydrogen-bond donors (Lipinski definition) is 3. The molecule has 7 heteroatoms. The normalized spacial score (nSPS) is 16.9. The molecule has 1 aliphatic carbocycles. The second kappa shape index (κ2) is 4.93. The Kier molecular flexibility index (Phi) is 3.51. The fourth-order valence-electron chi connectivity index (χ4n) is 1.97. The van der Waals surface area contributed by atoms with E-state index in [9.17, 15) is 9.59 Å². The molecule has 98 valence electrons. The van der Waals surface area contributed by atoms with Crippen molar-refractivity contribution in [2.24, 2.45) is 5.41 Å². The molecule has 18 heavy (non-hydrogen) atoms. The van der Waals surface area contributed by atoms with Crippen molar-refractivity contribution in [2.75, 3.05) is 12.3 Å². The van der Waals surface area contributed by atoms with Crippen LogP contribution in [0.2, 0.25) is 0 Å². The number of carboxylic acid groups (broad SMARTS) is 1. The monoisotopic (exact) mass is 269 g/mol. The third-order valence-corrected chi connectivity index (χ3v) is 4.02. The number of nitrogens with two attached hydrogens (primary N) is 1. The number of nitrogens with zero attached hydrogens (tertiary/aromatic N) is 1. The summed E-state index contributed by atoms with van der Waals surface area (Å²) in [7, 11) is 0. The minimum absolute atomic E-state index is 0.142. The number of rotatable bonds is 5. The van der Waals surface area contributed by atoms with Gasteiger partial charge in [0.05, 0.1) is 17.5 Å². The molecule has 0 aliphatic heterocycles. The molecular weight excluding hydrogens is 254 g/mol. The molecule has 0 spiro atoms. The Balaban J connectivity index is 1.83. The molecule has 1 amide bonds. The van der Waals surface area contributed by atoms with Crippen molar-refractivity contribution in [2.45, 2.75) is 25.7 Å². The highest BCUT2D eigenvalue weighted by molar-refractivity contribution is 7.13. The van der Waals surface area contributed by atoms with E-state index in [1.54, 1.807) is 5.38 Å². The molecule has 1 aromatic rings. The number of carbonyl (C=O) groups excluding carboxylic acids is 1. The van der Waals surface area contributed by atoms with Gasteiger partial charge in [-0.25, -0.2) is 4.98 Å². The van der Waals surface area contributed by atoms with Gasteiger partial charge in [-0.2, -0.15) is 0 Å². The van der Waals surface area contributed by atoms with Crippen molar-refractivity contribution < 1.29 is 14.7 Å². The van der Waals surface area contributed by atoms with Crippen molar-refractivity contribution >= 4 is 28.3 Å². The fraction of sp³-hybridized carbons (Fsp3) is 0.545. The Morgan fingerprint density at radius 3 is 2.72 bits per heavy atom. The molecule has 1 fully saturated rings. The van der Waals surface area contributed by atoms with Gasteiger partial charge in [0.1, 0.15) is 0 Å². The Morgan fingerprint density at radius 1 is 1.56 bits per heavy atom. The van der Waals surface area contributed by atoms with Crippen LogP contribution in [0, 0.1) is 5.41 Å². The molecule has 2 rings (SSSR count). The lowest BCUT2D eigenvalue weighted by Gasteiger charge is -2.37. The molecule has 1 aliphatic rings. The third-order valence-electron chi connectivity index (χ3n) is 3.30. The lowest BCUT2D eigenvalue weighted by molar-refractivity contribution is -0.154. The molecule has 1 heterocycles. The number of aromatic nitrogens is 1. The smallest absolute Gasteiger partial charge is 0.311 e. The van der Waals surface area contributed by atoms with Crippen LogP contribution < -0.4 is 11.1 Å². The van der Waals surface area contributed by atoms with Crippen LogP contribution in [0.1, 0.15) is 25.0 Å². The first-order chi connectivity index (χ1) is 8.52. The zero-order valence-electron chi connectivity index (χ0n) is 9.81. The van der Waals surface area contributed by atoms with Crippen LogP contribution in [0.3, 0.4) is 0 Å². The highest BCUT2D eigenvalue weighted by atomic mass is 32.1. The minimum atomic E-state index is -0.827. The van der Waals surface area contributed by atoms with Crippen LogP contribution >= 0.6 is 11.3 Å². The van der Waals surface area contributed by atoms with Gasteiger partial charge in [0.25, 0.3) is 0 Å². The summed E-state index contributed by atoms with van der Waals surface area (Å²) in [5, 5.41) is 13.9. The van der Waals surface area contributed by atoms with E-state index in [4.69, 9.17) is 10.8 Å². The van der Waals surface area contributed by atoms with Crippen molar-refractivity contribution in [3.63, 3.8) is 0 Å². The lowest BCUT2D eigenvalue weighted by atomic mass is 9.69. The SMILES string of the molecule is Nc1nc(CC(=O)NCC2(C(=O)O)CCC2)cs1. The topological polar surface area (TPSA) is 105 Å². The van der Waals surface area contributed by atoms with Gasteiger partial charge in [-0.1, -0.05) is 6.42 Å². The first kappa shape index (κ1) is 12.8. The molecule has 4 N–H and O–H groups in total. The summed E-state index contributed by atoms with van der Waals surface area (Å²) >= 11 is 1.28.